The number of hydrogen-bond donors (Lipinski definition) is 0. The molecule has 0 aliphatic carbocycles. The molecule has 0 N–H and O–H groups in total. The Hall–Kier alpha value is -2.17. The second-order valence-corrected chi connectivity index (χ2v) is 7.19. The van der Waals surface area contributed by atoms with Gasteiger partial charge in [-0.1, -0.05) is 47.8 Å². The van der Waals surface area contributed by atoms with Gasteiger partial charge in [-0.05, 0) is 36.8 Å². The lowest BCUT2D eigenvalue weighted by Crippen LogP contribution is -3.00. The molecule has 0 atom stereocenters. The van der Waals surface area contributed by atoms with Gasteiger partial charge in [0.15, 0.2) is 0 Å². The topological polar surface area (TPSA) is 30.9 Å². The van der Waals surface area contributed by atoms with Crippen molar-refractivity contribution in [3.05, 3.63) is 71.3 Å². The average molecular weight is 487 g/mol. The maximum absolute atomic E-state index is 9.65. The van der Waals surface area contributed by atoms with E-state index in [-0.39, 0.29) is 24.0 Å². The van der Waals surface area contributed by atoms with Crippen molar-refractivity contribution < 1.29 is 28.5 Å². The van der Waals surface area contributed by atoms with Crippen molar-refractivity contribution >= 4 is 38.9 Å². The molecule has 0 saturated carbocycles. The molecule has 1 aromatic heterocycles. The van der Waals surface area contributed by atoms with Gasteiger partial charge in [-0.15, -0.1) is 0 Å². The fraction of sp³-hybridized carbons (Fsp3) is 0.182. The minimum Gasteiger partial charge on any atom is -1.00 e. The van der Waals surface area contributed by atoms with Gasteiger partial charge in [0, 0.05) is 25.8 Å². The Bertz CT molecular complexity index is 1010. The number of anilines is 1. The highest BCUT2D eigenvalue weighted by Gasteiger charge is 2.21. The fourth-order valence-electron chi connectivity index (χ4n) is 2.84. The van der Waals surface area contributed by atoms with E-state index in [1.165, 1.54) is 15.9 Å². The van der Waals surface area contributed by atoms with Gasteiger partial charge < -0.3 is 28.9 Å². The second kappa shape index (κ2) is 9.67. The summed E-state index contributed by atoms with van der Waals surface area (Å²) in [5.41, 5.74) is 4.15. The van der Waals surface area contributed by atoms with Crippen LogP contribution in [0.25, 0.3) is 21.9 Å². The van der Waals surface area contributed by atoms with Crippen molar-refractivity contribution in [3.63, 3.8) is 0 Å². The smallest absolute Gasteiger partial charge is 0.280 e. The molecule has 5 heteroatoms. The van der Waals surface area contributed by atoms with E-state index in [2.05, 4.69) is 58.9 Å². The van der Waals surface area contributed by atoms with Gasteiger partial charge in [-0.3, -0.25) is 0 Å². The minimum atomic E-state index is 0. The number of allylic oxidation sites excluding steroid dienone is 3. The number of halogens is 1. The van der Waals surface area contributed by atoms with E-state index in [4.69, 9.17) is 0 Å². The number of para-hydroxylation sites is 1. The number of hydrogen-bond acceptors (Lipinski definition) is 3. The zero-order valence-corrected chi connectivity index (χ0v) is 18.7. The van der Waals surface area contributed by atoms with Crippen molar-refractivity contribution in [1.29, 1.82) is 5.26 Å². The van der Waals surface area contributed by atoms with Gasteiger partial charge in [-0.25, -0.2) is 0 Å². The molecular weight excluding hydrogens is 465 g/mol. The summed E-state index contributed by atoms with van der Waals surface area (Å²) < 4.78 is 3.41. The highest BCUT2D eigenvalue weighted by atomic mass is 127. The third-order valence-electron chi connectivity index (χ3n) is 4.24. The lowest BCUT2D eigenvalue weighted by Gasteiger charge is -2.11. The quantitative estimate of drug-likeness (QED) is 0.238. The number of aromatic nitrogens is 1. The summed E-state index contributed by atoms with van der Waals surface area (Å²) >= 11 is 1.67. The molecule has 2 aromatic carbocycles. The Morgan fingerprint density at radius 1 is 1.15 bits per heavy atom. The monoisotopic (exact) mass is 487 g/mol. The van der Waals surface area contributed by atoms with Crippen LogP contribution in [0, 0.1) is 11.3 Å². The first-order valence-electron chi connectivity index (χ1n) is 8.61. The summed E-state index contributed by atoms with van der Waals surface area (Å²) in [5.74, 6) is 0. The van der Waals surface area contributed by atoms with E-state index in [1.807, 2.05) is 44.5 Å². The molecule has 0 radical (unpaired) electrons. The Labute approximate surface area is 181 Å². The van der Waals surface area contributed by atoms with Crippen LogP contribution in [0.3, 0.4) is 0 Å². The van der Waals surface area contributed by atoms with Crippen molar-refractivity contribution in [2.45, 2.75) is 13.5 Å². The Kier molecular flexibility index (Phi) is 7.57. The normalized spacial score (nSPS) is 11.4. The van der Waals surface area contributed by atoms with Gasteiger partial charge >= 0.3 is 0 Å². The number of aryl methyl sites for hydroxylation is 1. The van der Waals surface area contributed by atoms with Crippen LogP contribution in [0.4, 0.5) is 5.69 Å². The molecule has 0 amide bonds. The summed E-state index contributed by atoms with van der Waals surface area (Å²) in [7, 11) is 4.06. The van der Waals surface area contributed by atoms with Crippen LogP contribution >= 0.6 is 11.3 Å². The summed E-state index contributed by atoms with van der Waals surface area (Å²) in [6.07, 6.45) is 5.88. The molecule has 0 fully saturated rings. The lowest BCUT2D eigenvalue weighted by atomic mass is 10.1. The standard InChI is InChI=1S/C22H22N3S.HI/c1-4-25-20-10-5-6-11-21(20)26-22(25)18(16-23)9-7-8-17-12-14-19(15-13-17)24(2)3;/h5-15H,4H2,1-3H3;1H/q+1;/p-1. The first-order chi connectivity index (χ1) is 12.6. The van der Waals surface area contributed by atoms with Crippen molar-refractivity contribution in [3.8, 4) is 6.07 Å². The average Bonchev–Trinajstić information content (AvgIpc) is 3.04. The van der Waals surface area contributed by atoms with Gasteiger partial charge in [-0.2, -0.15) is 9.83 Å². The number of nitrogens with zero attached hydrogens (tertiary/aromatic N) is 3. The van der Waals surface area contributed by atoms with Gasteiger partial charge in [0.2, 0.25) is 5.52 Å². The predicted molar refractivity (Wildman–Crippen MR) is 111 cm³/mol. The van der Waals surface area contributed by atoms with Crippen LogP contribution in [0.5, 0.6) is 0 Å². The molecule has 0 aliphatic rings. The first-order valence-corrected chi connectivity index (χ1v) is 9.43. The summed E-state index contributed by atoms with van der Waals surface area (Å²) in [4.78, 5) is 2.08. The van der Waals surface area contributed by atoms with Crippen molar-refractivity contribution in [2.24, 2.45) is 0 Å². The number of nitriles is 1. The minimum absolute atomic E-state index is 0. The zero-order valence-electron chi connectivity index (χ0n) is 15.7. The van der Waals surface area contributed by atoms with Crippen LogP contribution in [-0.2, 0) is 6.54 Å². The van der Waals surface area contributed by atoms with E-state index in [0.717, 1.165) is 17.1 Å². The molecule has 1 heterocycles. The Morgan fingerprint density at radius 2 is 1.85 bits per heavy atom. The van der Waals surface area contributed by atoms with E-state index in [9.17, 15) is 5.26 Å². The largest absolute Gasteiger partial charge is 1.00 e. The Morgan fingerprint density at radius 3 is 2.48 bits per heavy atom. The van der Waals surface area contributed by atoms with Crippen LogP contribution in [0.15, 0.2) is 60.7 Å². The maximum atomic E-state index is 9.65. The van der Waals surface area contributed by atoms with Gasteiger partial charge in [0.1, 0.15) is 22.9 Å². The zero-order chi connectivity index (χ0) is 18.5. The highest BCUT2D eigenvalue weighted by Crippen LogP contribution is 2.25. The molecule has 3 rings (SSSR count). The maximum Gasteiger partial charge on any atom is 0.280 e. The number of rotatable bonds is 5. The number of benzene rings is 2. The third-order valence-corrected chi connectivity index (χ3v) is 5.43. The van der Waals surface area contributed by atoms with Gasteiger partial charge in [0.25, 0.3) is 5.01 Å². The molecule has 0 spiro atoms. The fourth-order valence-corrected chi connectivity index (χ4v) is 4.04. The number of fused-ring (bicyclic) bond motifs is 1. The molecule has 0 unspecified atom stereocenters. The molecular formula is C22H22IN3S. The number of thiazole rings is 1. The molecule has 0 aliphatic heterocycles. The second-order valence-electron chi connectivity index (χ2n) is 6.16. The highest BCUT2D eigenvalue weighted by molar-refractivity contribution is 7.19. The Balaban J connectivity index is 0.00000261. The van der Waals surface area contributed by atoms with Crippen molar-refractivity contribution in [1.82, 2.24) is 0 Å². The van der Waals surface area contributed by atoms with Crippen molar-refractivity contribution in [2.75, 3.05) is 19.0 Å². The lowest BCUT2D eigenvalue weighted by molar-refractivity contribution is -0.665. The SMILES string of the molecule is CC[n+]1c(/C(C#N)=C/C=C\c2ccc(N(C)C)cc2)sc2ccccc21.[I-]. The molecule has 3 nitrogen and oxygen atoms in total. The molecule has 27 heavy (non-hydrogen) atoms. The predicted octanol–water partition coefficient (Wildman–Crippen LogP) is 1.90. The van der Waals surface area contributed by atoms with E-state index >= 15 is 0 Å². The van der Waals surface area contributed by atoms with Crippen LogP contribution in [0.1, 0.15) is 17.5 Å². The molecule has 0 saturated heterocycles. The van der Waals surface area contributed by atoms with Crippen LogP contribution < -0.4 is 33.4 Å². The molecule has 3 aromatic rings. The summed E-state index contributed by atoms with van der Waals surface area (Å²) in [6.45, 7) is 2.95. The molecule has 0 bridgehead atoms. The molecule has 138 valence electrons. The van der Waals surface area contributed by atoms with E-state index in [0.29, 0.717) is 5.57 Å². The van der Waals surface area contributed by atoms with E-state index < -0.39 is 0 Å². The third kappa shape index (κ3) is 4.76. The first kappa shape index (κ1) is 21.1. The van der Waals surface area contributed by atoms with Crippen LogP contribution in [0.2, 0.25) is 0 Å². The van der Waals surface area contributed by atoms with Crippen LogP contribution in [-0.4, -0.2) is 14.1 Å². The van der Waals surface area contributed by atoms with Gasteiger partial charge in [0.05, 0.1) is 0 Å². The summed E-state index contributed by atoms with van der Waals surface area (Å²) in [6, 6.07) is 19.0. The summed E-state index contributed by atoms with van der Waals surface area (Å²) in [5, 5.41) is 10.7. The van der Waals surface area contributed by atoms with E-state index in [1.54, 1.807) is 11.3 Å².